The topological polar surface area (TPSA) is 12.0 Å². The van der Waals surface area contributed by atoms with E-state index in [1.807, 2.05) is 0 Å². The monoisotopic (exact) mass is 185 g/mol. The highest BCUT2D eigenvalue weighted by atomic mass is 14.9. The summed E-state index contributed by atoms with van der Waals surface area (Å²) in [6.07, 6.45) is 4.94. The molecule has 0 radical (unpaired) electrons. The number of hydrogen-bond donors (Lipinski definition) is 1. The molecule has 0 saturated carbocycles. The molecule has 1 aliphatic heterocycles. The summed E-state index contributed by atoms with van der Waals surface area (Å²) in [5.74, 6) is 0.811. The van der Waals surface area contributed by atoms with Gasteiger partial charge in [0.2, 0.25) is 0 Å². The minimum absolute atomic E-state index is 0.811. The Morgan fingerprint density at radius 3 is 3.14 bits per heavy atom. The number of piperidine rings is 1. The zero-order valence-electron chi connectivity index (χ0n) is 8.29. The molecule has 1 aliphatic carbocycles. The molecule has 0 spiro atoms. The molecule has 1 N–H and O–H groups in total. The van der Waals surface area contributed by atoms with Crippen molar-refractivity contribution in [2.24, 2.45) is 5.92 Å². The summed E-state index contributed by atoms with van der Waals surface area (Å²) in [5, 5.41) is 3.45. The van der Waals surface area contributed by atoms with Crippen molar-refractivity contribution in [2.75, 3.05) is 13.1 Å². The maximum Gasteiger partial charge on any atom is 0.0170 e. The molecule has 1 nitrogen and oxygen atoms in total. The van der Waals surface area contributed by atoms with Gasteiger partial charge >= 0.3 is 0 Å². The van der Waals surface area contributed by atoms with Crippen LogP contribution in [0.4, 0.5) is 0 Å². The third-order valence-corrected chi connectivity index (χ3v) is 3.39. The Kier molecular flexibility index (Phi) is 1.91. The normalized spacial score (nSPS) is 24.9. The highest BCUT2D eigenvalue weighted by molar-refractivity contribution is 5.60. The highest BCUT2D eigenvalue weighted by Gasteiger charge is 2.23. The summed E-state index contributed by atoms with van der Waals surface area (Å²) in [6.45, 7) is 2.28. The molecule has 14 heavy (non-hydrogen) atoms. The van der Waals surface area contributed by atoms with E-state index in [2.05, 4.69) is 35.7 Å². The Balaban J connectivity index is 2.03. The van der Waals surface area contributed by atoms with Gasteiger partial charge in [-0.15, -0.1) is 0 Å². The quantitative estimate of drug-likeness (QED) is 0.653. The zero-order chi connectivity index (χ0) is 9.38. The van der Waals surface area contributed by atoms with Gasteiger partial charge in [0, 0.05) is 6.54 Å². The molecule has 1 heterocycles. The minimum atomic E-state index is 0.811. The van der Waals surface area contributed by atoms with Crippen molar-refractivity contribution in [3.8, 4) is 0 Å². The van der Waals surface area contributed by atoms with Crippen LogP contribution in [-0.4, -0.2) is 13.1 Å². The number of benzene rings is 1. The van der Waals surface area contributed by atoms with Crippen LogP contribution in [0.3, 0.4) is 0 Å². The number of rotatable bonds is 0. The summed E-state index contributed by atoms with van der Waals surface area (Å²) in [5.41, 5.74) is 4.57. The second kappa shape index (κ2) is 3.25. The standard InChI is InChI=1S/C13H15N/c1-2-4-11-8-13-9-14-6-5-12(13)7-10(11)3-1/h1-4,8,12,14H,5-7,9H2. The molecule has 1 saturated heterocycles. The van der Waals surface area contributed by atoms with E-state index in [1.165, 1.54) is 30.5 Å². The third-order valence-electron chi connectivity index (χ3n) is 3.39. The molecule has 1 atom stereocenters. The summed E-state index contributed by atoms with van der Waals surface area (Å²) in [6, 6.07) is 8.78. The predicted molar refractivity (Wildman–Crippen MR) is 59.1 cm³/mol. The summed E-state index contributed by atoms with van der Waals surface area (Å²) < 4.78 is 0. The third kappa shape index (κ3) is 1.28. The lowest BCUT2D eigenvalue weighted by Crippen LogP contribution is -2.32. The van der Waals surface area contributed by atoms with E-state index < -0.39 is 0 Å². The Morgan fingerprint density at radius 1 is 1.21 bits per heavy atom. The van der Waals surface area contributed by atoms with Crippen molar-refractivity contribution in [2.45, 2.75) is 12.8 Å². The fourth-order valence-electron chi connectivity index (χ4n) is 2.57. The first-order valence-corrected chi connectivity index (χ1v) is 5.42. The fraction of sp³-hybridized carbons (Fsp3) is 0.385. The second-order valence-electron chi connectivity index (χ2n) is 4.28. The van der Waals surface area contributed by atoms with E-state index in [-0.39, 0.29) is 0 Å². The van der Waals surface area contributed by atoms with Crippen molar-refractivity contribution in [3.05, 3.63) is 41.0 Å². The summed E-state index contributed by atoms with van der Waals surface area (Å²) in [4.78, 5) is 0. The fourth-order valence-corrected chi connectivity index (χ4v) is 2.57. The predicted octanol–water partition coefficient (Wildman–Crippen LogP) is 2.24. The van der Waals surface area contributed by atoms with Gasteiger partial charge in [0.25, 0.3) is 0 Å². The molecule has 3 rings (SSSR count). The Bertz CT molecular complexity index is 379. The van der Waals surface area contributed by atoms with Crippen LogP contribution in [0.5, 0.6) is 0 Å². The van der Waals surface area contributed by atoms with Crippen molar-refractivity contribution in [3.63, 3.8) is 0 Å². The van der Waals surface area contributed by atoms with Crippen LogP contribution >= 0.6 is 0 Å². The summed E-state index contributed by atoms with van der Waals surface area (Å²) in [7, 11) is 0. The van der Waals surface area contributed by atoms with Gasteiger partial charge in [-0.1, -0.05) is 35.9 Å². The average molecular weight is 185 g/mol. The van der Waals surface area contributed by atoms with Gasteiger partial charge in [0.05, 0.1) is 0 Å². The van der Waals surface area contributed by atoms with Crippen LogP contribution in [0, 0.1) is 5.92 Å². The van der Waals surface area contributed by atoms with E-state index in [1.54, 1.807) is 5.57 Å². The molecule has 1 fully saturated rings. The average Bonchev–Trinajstić information content (AvgIpc) is 2.26. The molecule has 0 aromatic heterocycles. The molecule has 1 aromatic carbocycles. The van der Waals surface area contributed by atoms with Gasteiger partial charge in [0.15, 0.2) is 0 Å². The molecule has 2 aliphatic rings. The van der Waals surface area contributed by atoms with Crippen LogP contribution in [-0.2, 0) is 6.42 Å². The van der Waals surface area contributed by atoms with E-state index in [4.69, 9.17) is 0 Å². The smallest absolute Gasteiger partial charge is 0.0170 e. The molecule has 0 bridgehead atoms. The van der Waals surface area contributed by atoms with Crippen LogP contribution in [0.1, 0.15) is 17.5 Å². The van der Waals surface area contributed by atoms with E-state index >= 15 is 0 Å². The molecule has 72 valence electrons. The highest BCUT2D eigenvalue weighted by Crippen LogP contribution is 2.31. The Hall–Kier alpha value is -1.08. The number of nitrogens with one attached hydrogen (secondary N) is 1. The molecule has 1 aromatic rings. The van der Waals surface area contributed by atoms with Crippen molar-refractivity contribution in [1.82, 2.24) is 5.32 Å². The molecule has 1 unspecified atom stereocenters. The van der Waals surface area contributed by atoms with Gasteiger partial charge in [0.1, 0.15) is 0 Å². The number of fused-ring (bicyclic) bond motifs is 2. The maximum atomic E-state index is 3.45. The van der Waals surface area contributed by atoms with Crippen molar-refractivity contribution >= 4 is 6.08 Å². The van der Waals surface area contributed by atoms with Gasteiger partial charge in [-0.25, -0.2) is 0 Å². The maximum absolute atomic E-state index is 3.45. The van der Waals surface area contributed by atoms with Crippen LogP contribution in [0.25, 0.3) is 6.08 Å². The molecule has 0 amide bonds. The Morgan fingerprint density at radius 2 is 2.14 bits per heavy atom. The number of hydrogen-bond acceptors (Lipinski definition) is 1. The van der Waals surface area contributed by atoms with Crippen LogP contribution in [0.15, 0.2) is 29.8 Å². The molecular formula is C13H15N. The Labute approximate surface area is 84.8 Å². The lowest BCUT2D eigenvalue weighted by Gasteiger charge is -2.30. The second-order valence-corrected chi connectivity index (χ2v) is 4.28. The van der Waals surface area contributed by atoms with E-state index in [0.717, 1.165) is 12.5 Å². The summed E-state index contributed by atoms with van der Waals surface area (Å²) >= 11 is 0. The van der Waals surface area contributed by atoms with Crippen LogP contribution < -0.4 is 5.32 Å². The minimum Gasteiger partial charge on any atom is -0.313 e. The van der Waals surface area contributed by atoms with E-state index in [9.17, 15) is 0 Å². The van der Waals surface area contributed by atoms with Gasteiger partial charge in [-0.05, 0) is 36.4 Å². The first kappa shape index (κ1) is 8.25. The van der Waals surface area contributed by atoms with Gasteiger partial charge in [-0.3, -0.25) is 0 Å². The zero-order valence-corrected chi connectivity index (χ0v) is 8.29. The lowest BCUT2D eigenvalue weighted by molar-refractivity contribution is 0.463. The van der Waals surface area contributed by atoms with Crippen LogP contribution in [0.2, 0.25) is 0 Å². The first-order valence-electron chi connectivity index (χ1n) is 5.42. The molecule has 1 heteroatoms. The van der Waals surface area contributed by atoms with Crippen molar-refractivity contribution < 1.29 is 0 Å². The first-order chi connectivity index (χ1) is 6.93. The van der Waals surface area contributed by atoms with E-state index in [0.29, 0.717) is 0 Å². The van der Waals surface area contributed by atoms with Crippen molar-refractivity contribution in [1.29, 1.82) is 0 Å². The lowest BCUT2D eigenvalue weighted by atomic mass is 9.80. The molecular weight excluding hydrogens is 170 g/mol. The SMILES string of the molecule is C1=C2CNCCC2Cc2ccccc21. The van der Waals surface area contributed by atoms with Gasteiger partial charge < -0.3 is 5.32 Å². The largest absolute Gasteiger partial charge is 0.313 e. The van der Waals surface area contributed by atoms with Gasteiger partial charge in [-0.2, -0.15) is 0 Å².